The van der Waals surface area contributed by atoms with Gasteiger partial charge in [-0.25, -0.2) is 9.69 Å². The molecule has 0 saturated heterocycles. The third-order valence-electron chi connectivity index (χ3n) is 17.2. The van der Waals surface area contributed by atoms with E-state index in [9.17, 15) is 0 Å². The van der Waals surface area contributed by atoms with Crippen molar-refractivity contribution < 1.29 is 0 Å². The van der Waals surface area contributed by atoms with Gasteiger partial charge in [0.2, 0.25) is 5.69 Å². The first-order chi connectivity index (χ1) is 44.5. The van der Waals surface area contributed by atoms with Gasteiger partial charge in [0.25, 0.3) is 0 Å². The summed E-state index contributed by atoms with van der Waals surface area (Å²) >= 11 is 0. The van der Waals surface area contributed by atoms with Crippen LogP contribution in [0.3, 0.4) is 0 Å². The van der Waals surface area contributed by atoms with E-state index < -0.39 is 0 Å². The first kappa shape index (κ1) is 52.9. The molecule has 8 nitrogen and oxygen atoms in total. The molecule has 16 aromatic rings. The molecule has 0 spiro atoms. The Morgan fingerprint density at radius 3 is 0.878 bits per heavy atom. The highest BCUT2D eigenvalue weighted by atomic mass is 15.0. The van der Waals surface area contributed by atoms with Crippen LogP contribution in [-0.4, -0.2) is 29.1 Å². The Labute approximate surface area is 519 Å². The van der Waals surface area contributed by atoms with Crippen LogP contribution in [0.15, 0.2) is 304 Å². The molecule has 0 unspecified atom stereocenters. The van der Waals surface area contributed by atoms with Crippen LogP contribution in [0, 0.1) is 13.1 Å². The second kappa shape index (κ2) is 22.3. The van der Waals surface area contributed by atoms with Crippen LogP contribution < -0.4 is 0 Å². The lowest BCUT2D eigenvalue weighted by Gasteiger charge is -2.19. The molecule has 0 bridgehead atoms. The topological polar surface area (TPSA) is 70.1 Å². The Hall–Kier alpha value is -12.6. The quantitative estimate of drug-likeness (QED) is 0.121. The molecule has 0 fully saturated rings. The van der Waals surface area contributed by atoms with Gasteiger partial charge in [-0.2, -0.15) is 0 Å². The molecule has 0 N–H and O–H groups in total. The molecule has 0 aliphatic rings. The summed E-state index contributed by atoms with van der Waals surface area (Å²) in [6, 6.07) is 96.2. The summed E-state index contributed by atoms with van der Waals surface area (Å²) in [6.07, 6.45) is 7.80. The highest BCUT2D eigenvalue weighted by molar-refractivity contribution is 6.14. The number of hydrogen-bond donors (Lipinski definition) is 0. The van der Waals surface area contributed by atoms with Crippen molar-refractivity contribution in [2.24, 2.45) is 0 Å². The van der Waals surface area contributed by atoms with Crippen molar-refractivity contribution in [1.29, 1.82) is 0 Å². The van der Waals surface area contributed by atoms with E-state index in [1.807, 2.05) is 122 Å². The van der Waals surface area contributed by atoms with Crippen molar-refractivity contribution in [3.63, 3.8) is 0 Å². The van der Waals surface area contributed by atoms with E-state index in [4.69, 9.17) is 33.1 Å². The van der Waals surface area contributed by atoms with Crippen molar-refractivity contribution in [3.05, 3.63) is 327 Å². The maximum Gasteiger partial charge on any atom is 0.212 e. The highest BCUT2D eigenvalue weighted by Crippen LogP contribution is 2.46. The zero-order chi connectivity index (χ0) is 60.1. The maximum absolute atomic E-state index is 9.17. The monoisotopic (exact) mass is 1150 g/mol. The summed E-state index contributed by atoms with van der Waals surface area (Å²) < 4.78 is 4.53. The number of fused-ring (bicyclic) bond motifs is 6. The van der Waals surface area contributed by atoms with Crippen LogP contribution in [0.4, 0.5) is 11.4 Å². The fourth-order valence-corrected chi connectivity index (χ4v) is 12.7. The zero-order valence-corrected chi connectivity index (χ0v) is 48.4. The Balaban J connectivity index is 0.899. The van der Waals surface area contributed by atoms with E-state index in [0.29, 0.717) is 17.1 Å². The van der Waals surface area contributed by atoms with Gasteiger partial charge in [0.1, 0.15) is 0 Å². The molecular weight excluding hydrogens is 1100 g/mol. The third-order valence-corrected chi connectivity index (χ3v) is 17.2. The number of aromatic nitrogens is 6. The lowest BCUT2D eigenvalue weighted by atomic mass is 10.00. The largest absolute Gasteiger partial charge is 0.319 e. The lowest BCUT2D eigenvalue weighted by molar-refractivity contribution is 1.15. The van der Waals surface area contributed by atoms with Gasteiger partial charge in [0.05, 0.1) is 63.7 Å². The number of nitrogens with zero attached hydrogens (tertiary/aromatic N) is 8. The van der Waals surface area contributed by atoms with Gasteiger partial charge in [-0.3, -0.25) is 19.9 Å². The van der Waals surface area contributed by atoms with Crippen LogP contribution in [0.5, 0.6) is 0 Å². The second-order valence-electron chi connectivity index (χ2n) is 22.4. The minimum Gasteiger partial charge on any atom is -0.319 e. The zero-order valence-electron chi connectivity index (χ0n) is 48.4. The van der Waals surface area contributed by atoms with E-state index in [1.54, 1.807) is 0 Å². The molecule has 8 heteroatoms. The van der Waals surface area contributed by atoms with Crippen molar-refractivity contribution in [1.82, 2.24) is 29.1 Å². The van der Waals surface area contributed by atoms with E-state index in [0.717, 1.165) is 150 Å². The average Bonchev–Trinajstić information content (AvgIpc) is 1.58. The van der Waals surface area contributed by atoms with Gasteiger partial charge >= 0.3 is 0 Å². The fraction of sp³-hybridized carbons (Fsp3) is 0. The van der Waals surface area contributed by atoms with E-state index in [1.165, 1.54) is 0 Å². The van der Waals surface area contributed by atoms with Crippen LogP contribution in [0.1, 0.15) is 0 Å². The summed E-state index contributed by atoms with van der Waals surface area (Å²) in [7, 11) is 0. The van der Waals surface area contributed by atoms with E-state index in [2.05, 4.69) is 201 Å². The molecular formula is C82H50N8. The van der Waals surface area contributed by atoms with E-state index in [-0.39, 0.29) is 0 Å². The molecule has 0 aliphatic heterocycles. The third kappa shape index (κ3) is 9.51. The van der Waals surface area contributed by atoms with Crippen molar-refractivity contribution in [3.8, 4) is 112 Å². The minimum atomic E-state index is 0.459. The Morgan fingerprint density at radius 2 is 0.567 bits per heavy atom. The molecule has 0 saturated carbocycles. The van der Waals surface area contributed by atoms with Gasteiger partial charge in [-0.15, -0.1) is 0 Å². The smallest absolute Gasteiger partial charge is 0.212 e. The van der Waals surface area contributed by atoms with Crippen molar-refractivity contribution in [2.45, 2.75) is 0 Å². The molecule has 6 heterocycles. The van der Waals surface area contributed by atoms with Gasteiger partial charge < -0.3 is 9.13 Å². The molecule has 0 amide bonds. The summed E-state index contributed by atoms with van der Waals surface area (Å²) in [5.41, 5.74) is 23.9. The number of benzene rings is 10. The summed E-state index contributed by atoms with van der Waals surface area (Å²) in [4.78, 5) is 28.1. The number of pyridine rings is 4. The number of hydrogen-bond acceptors (Lipinski definition) is 4. The van der Waals surface area contributed by atoms with E-state index >= 15 is 0 Å². The number of rotatable bonds is 11. The van der Waals surface area contributed by atoms with Crippen molar-refractivity contribution >= 4 is 55.0 Å². The Morgan fingerprint density at radius 1 is 0.244 bits per heavy atom. The molecule has 0 aliphatic carbocycles. The van der Waals surface area contributed by atoms with Crippen molar-refractivity contribution in [2.75, 3.05) is 0 Å². The normalized spacial score (nSPS) is 11.3. The average molecular weight is 1150 g/mol. The molecule has 0 atom stereocenters. The Kier molecular flexibility index (Phi) is 13.1. The van der Waals surface area contributed by atoms with Crippen LogP contribution >= 0.6 is 0 Å². The van der Waals surface area contributed by atoms with Crippen LogP contribution in [0.25, 0.3) is 165 Å². The summed E-state index contributed by atoms with van der Waals surface area (Å²) in [5.74, 6) is 0. The molecule has 10 aromatic carbocycles. The summed E-state index contributed by atoms with van der Waals surface area (Å²) in [5, 5.41) is 4.10. The highest BCUT2D eigenvalue weighted by Gasteiger charge is 2.24. The molecule has 90 heavy (non-hydrogen) atoms. The Bertz CT molecular complexity index is 5210. The predicted molar refractivity (Wildman–Crippen MR) is 368 cm³/mol. The molecule has 418 valence electrons. The fourth-order valence-electron chi connectivity index (χ4n) is 12.7. The van der Waals surface area contributed by atoms with Gasteiger partial charge in [0.15, 0.2) is 5.69 Å². The molecule has 16 rings (SSSR count). The SMILES string of the molecule is [C-]#[N+]c1cccc(-c2cc(-n3c4ccc(-c5ccc(-c6ccccc6)nc5)cc4c4cc(-c5ccc(-c6ccccc6)nc5)ccc43)c([N+]#[C-])cc2-n2c3ccc(-c4ccc(-c5ccccc5)nc4)cc3c3cc(-c4ccc(-c5ccccc5)nc4)ccc32)c1. The first-order valence-electron chi connectivity index (χ1n) is 29.8. The van der Waals surface area contributed by atoms with Gasteiger partial charge in [-0.05, 0) is 119 Å². The van der Waals surface area contributed by atoms with Crippen LogP contribution in [0.2, 0.25) is 0 Å². The minimum absolute atomic E-state index is 0.459. The van der Waals surface area contributed by atoms with Gasteiger partial charge in [0, 0.05) is 102 Å². The first-order valence-corrected chi connectivity index (χ1v) is 29.8. The predicted octanol–water partition coefficient (Wildman–Crippen LogP) is 21.6. The summed E-state index contributed by atoms with van der Waals surface area (Å²) in [6.45, 7) is 17.4. The van der Waals surface area contributed by atoms with Crippen LogP contribution in [-0.2, 0) is 0 Å². The molecule has 6 aromatic heterocycles. The maximum atomic E-state index is 9.17. The standard InChI is InChI=1S/C82H50N8/c1-83-66-25-15-24-61(42-66)67-47-82(90-79-40-32-59(64-28-36-74(87-51-64)55-20-11-5-12-21-55)45-70(79)71-46-60(33-41-80(71)90)65-29-37-75(88-52-65)56-22-13-6-14-23-56)76(84-2)48-81(67)89-77-38-30-57(62-26-34-72(85-49-62)53-16-7-3-8-17-53)43-68(77)69-44-58(31-39-78(69)89)63-27-35-73(86-50-63)54-18-9-4-10-19-54/h3-52H. The molecule has 0 radical (unpaired) electrons. The lowest BCUT2D eigenvalue weighted by Crippen LogP contribution is -2.01. The van der Waals surface area contributed by atoms with Gasteiger partial charge in [-0.1, -0.05) is 188 Å². The second-order valence-corrected chi connectivity index (χ2v) is 22.4.